The Kier molecular flexibility index (Phi) is 4.11. The predicted octanol–water partition coefficient (Wildman–Crippen LogP) is 3.83. The number of rotatable bonds is 4. The van der Waals surface area contributed by atoms with Crippen LogP contribution in [0.1, 0.15) is 25.7 Å². The van der Waals surface area contributed by atoms with E-state index in [-0.39, 0.29) is 23.8 Å². The standard InChI is InChI=1S/C22H21N3O3/c26-20(18-5-3-13-25(18)22(27)15-7-8-15)23-16-11-9-14(10-12-16)21-24-17-4-1-2-6-19(17)28-21/h1-2,4,6,9-12,15,18H,3,5,7-8,13H2,(H,23,26)/t18-/m0/s1. The van der Waals surface area contributed by atoms with Crippen LogP contribution < -0.4 is 5.32 Å². The molecule has 0 unspecified atom stereocenters. The molecule has 3 aromatic rings. The molecule has 6 nitrogen and oxygen atoms in total. The highest BCUT2D eigenvalue weighted by molar-refractivity contribution is 5.98. The van der Waals surface area contributed by atoms with Crippen LogP contribution in [-0.4, -0.2) is 34.3 Å². The minimum Gasteiger partial charge on any atom is -0.436 e. The summed E-state index contributed by atoms with van der Waals surface area (Å²) in [6.07, 6.45) is 3.53. The number of carbonyl (C=O) groups is 2. The number of benzene rings is 2. The molecule has 2 aliphatic rings. The van der Waals surface area contributed by atoms with Gasteiger partial charge >= 0.3 is 0 Å². The fourth-order valence-electron chi connectivity index (χ4n) is 3.79. The third-order valence-electron chi connectivity index (χ3n) is 5.46. The number of hydrogen-bond donors (Lipinski definition) is 1. The van der Waals surface area contributed by atoms with Gasteiger partial charge in [-0.25, -0.2) is 4.98 Å². The molecule has 0 radical (unpaired) electrons. The van der Waals surface area contributed by atoms with E-state index in [0.717, 1.165) is 42.3 Å². The van der Waals surface area contributed by atoms with Crippen molar-refractivity contribution in [3.05, 3.63) is 48.5 Å². The van der Waals surface area contributed by atoms with Gasteiger partial charge in [-0.2, -0.15) is 0 Å². The molecule has 2 aromatic carbocycles. The SMILES string of the molecule is O=C(Nc1ccc(-c2nc3ccccc3o2)cc1)[C@@H]1CCCN1C(=O)C1CC1. The molecule has 6 heteroatoms. The van der Waals surface area contributed by atoms with Crippen molar-refractivity contribution in [1.82, 2.24) is 9.88 Å². The average Bonchev–Trinajstić information content (AvgIpc) is 3.28. The lowest BCUT2D eigenvalue weighted by atomic mass is 10.1. The van der Waals surface area contributed by atoms with Gasteiger partial charge in [0, 0.05) is 23.7 Å². The van der Waals surface area contributed by atoms with Crippen molar-refractivity contribution < 1.29 is 14.0 Å². The minimum atomic E-state index is -0.357. The molecule has 2 heterocycles. The van der Waals surface area contributed by atoms with E-state index >= 15 is 0 Å². The molecule has 1 N–H and O–H groups in total. The maximum Gasteiger partial charge on any atom is 0.247 e. The summed E-state index contributed by atoms with van der Waals surface area (Å²) in [5.74, 6) is 0.727. The van der Waals surface area contributed by atoms with Crippen LogP contribution in [0.2, 0.25) is 0 Å². The van der Waals surface area contributed by atoms with Gasteiger partial charge in [0.05, 0.1) is 0 Å². The van der Waals surface area contributed by atoms with Gasteiger partial charge in [0.1, 0.15) is 11.6 Å². The monoisotopic (exact) mass is 375 g/mol. The van der Waals surface area contributed by atoms with E-state index in [1.54, 1.807) is 4.90 Å². The highest BCUT2D eigenvalue weighted by atomic mass is 16.3. The molecule has 5 rings (SSSR count). The summed E-state index contributed by atoms with van der Waals surface area (Å²) in [7, 11) is 0. The summed E-state index contributed by atoms with van der Waals surface area (Å²) >= 11 is 0. The van der Waals surface area contributed by atoms with E-state index in [0.29, 0.717) is 18.1 Å². The van der Waals surface area contributed by atoms with Crippen LogP contribution in [0.3, 0.4) is 0 Å². The molecule has 1 atom stereocenters. The Morgan fingerprint density at radius 3 is 2.57 bits per heavy atom. The quantitative estimate of drug-likeness (QED) is 0.752. The Hall–Kier alpha value is -3.15. The smallest absolute Gasteiger partial charge is 0.247 e. The van der Waals surface area contributed by atoms with Crippen LogP contribution in [0, 0.1) is 5.92 Å². The number of amides is 2. The fourth-order valence-corrected chi connectivity index (χ4v) is 3.79. The maximum absolute atomic E-state index is 12.7. The van der Waals surface area contributed by atoms with E-state index in [1.165, 1.54) is 0 Å². The van der Waals surface area contributed by atoms with Crippen molar-refractivity contribution in [3.8, 4) is 11.5 Å². The van der Waals surface area contributed by atoms with E-state index < -0.39 is 0 Å². The van der Waals surface area contributed by atoms with E-state index in [4.69, 9.17) is 4.42 Å². The Bertz CT molecular complexity index is 1000. The molecule has 0 spiro atoms. The predicted molar refractivity (Wildman–Crippen MR) is 106 cm³/mol. The van der Waals surface area contributed by atoms with Gasteiger partial charge in [-0.3, -0.25) is 9.59 Å². The third-order valence-corrected chi connectivity index (χ3v) is 5.46. The number of hydrogen-bond acceptors (Lipinski definition) is 4. The lowest BCUT2D eigenvalue weighted by Crippen LogP contribution is -2.43. The van der Waals surface area contributed by atoms with Gasteiger partial charge in [0.15, 0.2) is 5.58 Å². The van der Waals surface area contributed by atoms with E-state index in [9.17, 15) is 9.59 Å². The summed E-state index contributed by atoms with van der Waals surface area (Å²) in [6, 6.07) is 14.7. The van der Waals surface area contributed by atoms with Crippen molar-refractivity contribution in [2.75, 3.05) is 11.9 Å². The number of carbonyl (C=O) groups excluding carboxylic acids is 2. The zero-order chi connectivity index (χ0) is 19.1. The number of nitrogens with zero attached hydrogens (tertiary/aromatic N) is 2. The van der Waals surface area contributed by atoms with E-state index in [1.807, 2.05) is 48.5 Å². The number of likely N-dealkylation sites (tertiary alicyclic amines) is 1. The van der Waals surface area contributed by atoms with Crippen molar-refractivity contribution in [3.63, 3.8) is 0 Å². The first-order valence-corrected chi connectivity index (χ1v) is 9.76. The van der Waals surface area contributed by atoms with Gasteiger partial charge in [-0.15, -0.1) is 0 Å². The first kappa shape index (κ1) is 17.0. The normalized spacial score (nSPS) is 19.1. The van der Waals surface area contributed by atoms with Crippen LogP contribution in [0.25, 0.3) is 22.6 Å². The number of para-hydroxylation sites is 2. The molecule has 1 saturated heterocycles. The number of fused-ring (bicyclic) bond motifs is 1. The number of aromatic nitrogens is 1. The molecule has 2 fully saturated rings. The molecular weight excluding hydrogens is 354 g/mol. The summed E-state index contributed by atoms with van der Waals surface area (Å²) in [6.45, 7) is 0.685. The van der Waals surface area contributed by atoms with Crippen LogP contribution in [0.4, 0.5) is 5.69 Å². The lowest BCUT2D eigenvalue weighted by Gasteiger charge is -2.24. The molecule has 0 bridgehead atoms. The lowest BCUT2D eigenvalue weighted by molar-refractivity contribution is -0.137. The molecule has 142 valence electrons. The van der Waals surface area contributed by atoms with Crippen molar-refractivity contribution >= 4 is 28.6 Å². The molecule has 1 aliphatic carbocycles. The topological polar surface area (TPSA) is 75.4 Å². The molecule has 2 amide bonds. The van der Waals surface area contributed by atoms with Crippen molar-refractivity contribution in [1.29, 1.82) is 0 Å². The summed E-state index contributed by atoms with van der Waals surface area (Å²) in [4.78, 5) is 31.3. The Morgan fingerprint density at radius 1 is 1.04 bits per heavy atom. The zero-order valence-corrected chi connectivity index (χ0v) is 15.4. The summed E-state index contributed by atoms with van der Waals surface area (Å²) in [5, 5.41) is 2.95. The highest BCUT2D eigenvalue weighted by Gasteiger charge is 2.40. The van der Waals surface area contributed by atoms with Crippen LogP contribution in [0.15, 0.2) is 52.9 Å². The average molecular weight is 375 g/mol. The number of oxazole rings is 1. The minimum absolute atomic E-state index is 0.110. The number of nitrogens with one attached hydrogen (secondary N) is 1. The third kappa shape index (κ3) is 3.15. The molecule has 1 aromatic heterocycles. The largest absolute Gasteiger partial charge is 0.436 e. The van der Waals surface area contributed by atoms with Gasteiger partial charge in [-0.1, -0.05) is 12.1 Å². The first-order chi connectivity index (χ1) is 13.7. The van der Waals surface area contributed by atoms with E-state index in [2.05, 4.69) is 10.3 Å². The molecule has 28 heavy (non-hydrogen) atoms. The van der Waals surface area contributed by atoms with Crippen LogP contribution >= 0.6 is 0 Å². The first-order valence-electron chi connectivity index (χ1n) is 9.76. The van der Waals surface area contributed by atoms with Gasteiger partial charge in [-0.05, 0) is 62.1 Å². The second kappa shape index (κ2) is 6.78. The second-order valence-corrected chi connectivity index (χ2v) is 7.52. The molecule has 1 saturated carbocycles. The van der Waals surface area contributed by atoms with Gasteiger partial charge in [0.2, 0.25) is 17.7 Å². The van der Waals surface area contributed by atoms with Crippen molar-refractivity contribution in [2.24, 2.45) is 5.92 Å². The Balaban J connectivity index is 1.29. The Labute approximate surface area is 162 Å². The molecule has 1 aliphatic heterocycles. The summed E-state index contributed by atoms with van der Waals surface area (Å²) < 4.78 is 5.78. The molecular formula is C22H21N3O3. The van der Waals surface area contributed by atoms with Gasteiger partial charge < -0.3 is 14.6 Å². The highest BCUT2D eigenvalue weighted by Crippen LogP contribution is 2.34. The van der Waals surface area contributed by atoms with Gasteiger partial charge in [0.25, 0.3) is 0 Å². The van der Waals surface area contributed by atoms with Crippen molar-refractivity contribution in [2.45, 2.75) is 31.7 Å². The van der Waals surface area contributed by atoms with Crippen LogP contribution in [0.5, 0.6) is 0 Å². The second-order valence-electron chi connectivity index (χ2n) is 7.52. The summed E-state index contributed by atoms with van der Waals surface area (Å²) in [5.41, 5.74) is 3.12. The van der Waals surface area contributed by atoms with Crippen LogP contribution in [-0.2, 0) is 9.59 Å². The fraction of sp³-hybridized carbons (Fsp3) is 0.318. The maximum atomic E-state index is 12.7. The zero-order valence-electron chi connectivity index (χ0n) is 15.4. The number of anilines is 1. The Morgan fingerprint density at radius 2 is 1.82 bits per heavy atom.